The lowest BCUT2D eigenvalue weighted by molar-refractivity contribution is 0.257. The summed E-state index contributed by atoms with van der Waals surface area (Å²) in [5.74, 6) is 2.85. The van der Waals surface area contributed by atoms with Crippen LogP contribution in [0.2, 0.25) is 5.02 Å². The van der Waals surface area contributed by atoms with Gasteiger partial charge in [0.2, 0.25) is 0 Å². The fraction of sp³-hybridized carbons (Fsp3) is 0.364. The third-order valence-electron chi connectivity index (χ3n) is 5.74. The predicted octanol–water partition coefficient (Wildman–Crippen LogP) is 3.36. The van der Waals surface area contributed by atoms with Gasteiger partial charge < -0.3 is 14.2 Å². The van der Waals surface area contributed by atoms with Gasteiger partial charge in [-0.2, -0.15) is 0 Å². The molecule has 150 valence electrons. The zero-order valence-electron chi connectivity index (χ0n) is 16.3. The average Bonchev–Trinajstić information content (AvgIpc) is 3.07. The average molecular weight is 410 g/mol. The molecule has 0 bridgehead atoms. The van der Waals surface area contributed by atoms with Crippen molar-refractivity contribution in [1.82, 2.24) is 19.7 Å². The number of rotatable bonds is 4. The molecule has 0 N–H and O–H groups in total. The summed E-state index contributed by atoms with van der Waals surface area (Å²) < 4.78 is 8.11. The van der Waals surface area contributed by atoms with Gasteiger partial charge in [0, 0.05) is 49.9 Å². The summed E-state index contributed by atoms with van der Waals surface area (Å²) in [5, 5.41) is 9.76. The number of hydrogen-bond acceptors (Lipinski definition) is 5. The smallest absolute Gasteiger partial charge is 0.167 e. The van der Waals surface area contributed by atoms with Crippen molar-refractivity contribution < 1.29 is 4.74 Å². The largest absolute Gasteiger partial charge is 0.491 e. The highest BCUT2D eigenvalue weighted by Gasteiger charge is 2.22. The van der Waals surface area contributed by atoms with Gasteiger partial charge in [-0.15, -0.1) is 10.2 Å². The van der Waals surface area contributed by atoms with E-state index in [0.717, 1.165) is 73.7 Å². The summed E-state index contributed by atoms with van der Waals surface area (Å²) in [4.78, 5) is 4.93. The number of fused-ring (bicyclic) bond motifs is 3. The van der Waals surface area contributed by atoms with E-state index in [9.17, 15) is 0 Å². The number of halogens is 1. The molecule has 1 aromatic heterocycles. The predicted molar refractivity (Wildman–Crippen MR) is 115 cm³/mol. The first-order chi connectivity index (χ1) is 14.3. The summed E-state index contributed by atoms with van der Waals surface area (Å²) in [6.45, 7) is 6.59. The third kappa shape index (κ3) is 3.82. The van der Waals surface area contributed by atoms with Gasteiger partial charge >= 0.3 is 0 Å². The van der Waals surface area contributed by atoms with Crippen LogP contribution >= 0.6 is 11.6 Å². The normalized spacial score (nSPS) is 16.7. The zero-order valence-corrected chi connectivity index (χ0v) is 17.1. The molecule has 0 radical (unpaired) electrons. The molecule has 5 rings (SSSR count). The molecule has 3 heterocycles. The van der Waals surface area contributed by atoms with Gasteiger partial charge in [0.05, 0.1) is 12.1 Å². The number of anilines is 1. The summed E-state index contributed by atoms with van der Waals surface area (Å²) in [7, 11) is 0. The van der Waals surface area contributed by atoms with E-state index >= 15 is 0 Å². The van der Waals surface area contributed by atoms with Crippen LogP contribution in [0, 0.1) is 0 Å². The Morgan fingerprint density at radius 1 is 0.897 bits per heavy atom. The van der Waals surface area contributed by atoms with Crippen LogP contribution in [0.5, 0.6) is 5.75 Å². The van der Waals surface area contributed by atoms with Crippen LogP contribution in [0.15, 0.2) is 48.5 Å². The number of para-hydroxylation sites is 1. The summed E-state index contributed by atoms with van der Waals surface area (Å²) in [5.41, 5.74) is 2.27. The molecule has 2 aliphatic heterocycles. The van der Waals surface area contributed by atoms with Gasteiger partial charge in [-0.1, -0.05) is 23.7 Å². The number of aromatic nitrogens is 3. The molecule has 0 spiro atoms. The number of piperazine rings is 1. The summed E-state index contributed by atoms with van der Waals surface area (Å²) in [6, 6.07) is 16.2. The topological polar surface area (TPSA) is 46.4 Å². The van der Waals surface area contributed by atoms with Crippen molar-refractivity contribution in [2.24, 2.45) is 0 Å². The monoisotopic (exact) mass is 409 g/mol. The van der Waals surface area contributed by atoms with E-state index in [1.165, 1.54) is 5.69 Å². The number of benzene rings is 2. The second-order valence-electron chi connectivity index (χ2n) is 7.49. The first kappa shape index (κ1) is 18.5. The highest BCUT2D eigenvalue weighted by molar-refractivity contribution is 6.30. The molecular formula is C22H24ClN5O. The first-order valence-corrected chi connectivity index (χ1v) is 10.5. The molecule has 6 nitrogen and oxygen atoms in total. The SMILES string of the molecule is Clc1ccc(N2CCN(CCc3nnc4n3CCOc3ccccc3-4)CC2)cc1. The maximum absolute atomic E-state index is 6.00. The van der Waals surface area contributed by atoms with Crippen molar-refractivity contribution in [3.8, 4) is 17.1 Å². The summed E-state index contributed by atoms with van der Waals surface area (Å²) >= 11 is 6.00. The standard InChI is InChI=1S/C22H24ClN5O/c23-17-5-7-18(8-6-17)27-13-11-26(12-14-27)10-9-21-24-25-22-19-3-1-2-4-20(19)29-16-15-28(21)22/h1-8H,9-16H2. The Balaban J connectivity index is 1.21. The molecule has 29 heavy (non-hydrogen) atoms. The maximum Gasteiger partial charge on any atom is 0.167 e. The van der Waals surface area contributed by atoms with E-state index in [-0.39, 0.29) is 0 Å². The molecule has 0 aliphatic carbocycles. The lowest BCUT2D eigenvalue weighted by Crippen LogP contribution is -2.47. The van der Waals surface area contributed by atoms with Crippen molar-refractivity contribution in [1.29, 1.82) is 0 Å². The summed E-state index contributed by atoms with van der Waals surface area (Å²) in [6.07, 6.45) is 0.899. The Bertz CT molecular complexity index is 979. The Labute approximate surface area is 175 Å². The van der Waals surface area contributed by atoms with Gasteiger partial charge in [0.15, 0.2) is 5.82 Å². The van der Waals surface area contributed by atoms with Crippen LogP contribution in [0.3, 0.4) is 0 Å². The van der Waals surface area contributed by atoms with Crippen LogP contribution in [-0.4, -0.2) is 59.0 Å². The van der Waals surface area contributed by atoms with Crippen molar-refractivity contribution in [3.63, 3.8) is 0 Å². The zero-order chi connectivity index (χ0) is 19.6. The van der Waals surface area contributed by atoms with Gasteiger partial charge in [-0.3, -0.25) is 4.90 Å². The molecule has 2 aromatic carbocycles. The van der Waals surface area contributed by atoms with Crippen molar-refractivity contribution in [2.45, 2.75) is 13.0 Å². The second-order valence-corrected chi connectivity index (χ2v) is 7.93. The second kappa shape index (κ2) is 8.05. The quantitative estimate of drug-likeness (QED) is 0.661. The Morgan fingerprint density at radius 2 is 1.69 bits per heavy atom. The van der Waals surface area contributed by atoms with E-state index < -0.39 is 0 Å². The molecular weight excluding hydrogens is 386 g/mol. The van der Waals surface area contributed by atoms with Crippen LogP contribution in [-0.2, 0) is 13.0 Å². The molecule has 0 atom stereocenters. The molecule has 2 aliphatic rings. The van der Waals surface area contributed by atoms with Crippen molar-refractivity contribution in [3.05, 3.63) is 59.4 Å². The lowest BCUT2D eigenvalue weighted by atomic mass is 10.2. The fourth-order valence-electron chi connectivity index (χ4n) is 4.12. The van der Waals surface area contributed by atoms with E-state index in [4.69, 9.17) is 16.3 Å². The highest BCUT2D eigenvalue weighted by Crippen LogP contribution is 2.31. The number of hydrogen-bond donors (Lipinski definition) is 0. The van der Waals surface area contributed by atoms with Crippen molar-refractivity contribution >= 4 is 17.3 Å². The molecule has 1 fully saturated rings. The Kier molecular flexibility index (Phi) is 5.12. The van der Waals surface area contributed by atoms with E-state index in [1.54, 1.807) is 0 Å². The lowest BCUT2D eigenvalue weighted by Gasteiger charge is -2.36. The molecule has 3 aromatic rings. The van der Waals surface area contributed by atoms with Gasteiger partial charge in [0.1, 0.15) is 18.2 Å². The number of ether oxygens (including phenoxy) is 1. The third-order valence-corrected chi connectivity index (χ3v) is 6.00. The molecule has 0 amide bonds. The van der Waals surface area contributed by atoms with E-state index in [2.05, 4.69) is 42.8 Å². The van der Waals surface area contributed by atoms with E-state index in [0.29, 0.717) is 6.61 Å². The fourth-order valence-corrected chi connectivity index (χ4v) is 4.24. The van der Waals surface area contributed by atoms with Gasteiger partial charge in [-0.25, -0.2) is 0 Å². The Morgan fingerprint density at radius 3 is 2.52 bits per heavy atom. The first-order valence-electron chi connectivity index (χ1n) is 10.1. The minimum absolute atomic E-state index is 0.648. The van der Waals surface area contributed by atoms with Crippen molar-refractivity contribution in [2.75, 3.05) is 44.2 Å². The van der Waals surface area contributed by atoms with Crippen LogP contribution < -0.4 is 9.64 Å². The van der Waals surface area contributed by atoms with E-state index in [1.807, 2.05) is 30.3 Å². The van der Waals surface area contributed by atoms with Gasteiger partial charge in [-0.05, 0) is 36.4 Å². The minimum atomic E-state index is 0.648. The van der Waals surface area contributed by atoms with Gasteiger partial charge in [0.25, 0.3) is 0 Å². The Hall–Kier alpha value is -2.57. The molecule has 0 saturated carbocycles. The molecule has 7 heteroatoms. The van der Waals surface area contributed by atoms with Crippen LogP contribution in [0.4, 0.5) is 5.69 Å². The molecule has 1 saturated heterocycles. The van der Waals surface area contributed by atoms with Crippen LogP contribution in [0.25, 0.3) is 11.4 Å². The molecule has 0 unspecified atom stereocenters. The number of nitrogens with zero attached hydrogens (tertiary/aromatic N) is 5. The minimum Gasteiger partial charge on any atom is -0.491 e. The highest BCUT2D eigenvalue weighted by atomic mass is 35.5. The van der Waals surface area contributed by atoms with Crippen LogP contribution in [0.1, 0.15) is 5.82 Å². The maximum atomic E-state index is 6.00.